The van der Waals surface area contributed by atoms with Gasteiger partial charge in [-0.25, -0.2) is 0 Å². The van der Waals surface area contributed by atoms with E-state index in [9.17, 15) is 4.79 Å². The van der Waals surface area contributed by atoms with Gasteiger partial charge in [-0.1, -0.05) is 23.7 Å². The molecule has 1 aliphatic carbocycles. The lowest BCUT2D eigenvalue weighted by Gasteiger charge is -2.06. The van der Waals surface area contributed by atoms with Crippen molar-refractivity contribution in [1.82, 2.24) is 4.57 Å². The van der Waals surface area contributed by atoms with Crippen LogP contribution in [0, 0.1) is 13.8 Å². The van der Waals surface area contributed by atoms with Gasteiger partial charge >= 0.3 is 0 Å². The molecule has 0 aliphatic heterocycles. The Morgan fingerprint density at radius 1 is 1.32 bits per heavy atom. The fourth-order valence-electron chi connectivity index (χ4n) is 2.77. The summed E-state index contributed by atoms with van der Waals surface area (Å²) in [4.78, 5) is 12.0. The molecule has 3 nitrogen and oxygen atoms in total. The van der Waals surface area contributed by atoms with Crippen molar-refractivity contribution in [2.75, 3.05) is 5.32 Å². The molecule has 0 bridgehead atoms. The molecule has 1 aromatic carbocycles. The highest BCUT2D eigenvalue weighted by Gasteiger charge is 2.26. The average Bonchev–Trinajstić information content (AvgIpc) is 3.26. The Hall–Kier alpha value is -2.00. The first kappa shape index (κ1) is 14.9. The Kier molecular flexibility index (Phi) is 4.08. The van der Waals surface area contributed by atoms with Gasteiger partial charge in [-0.3, -0.25) is 4.79 Å². The van der Waals surface area contributed by atoms with E-state index in [4.69, 9.17) is 11.6 Å². The molecule has 1 aromatic heterocycles. The van der Waals surface area contributed by atoms with Gasteiger partial charge in [0.2, 0.25) is 5.91 Å². The molecule has 0 atom stereocenters. The highest BCUT2D eigenvalue weighted by molar-refractivity contribution is 6.33. The summed E-state index contributed by atoms with van der Waals surface area (Å²) in [6.07, 6.45) is 5.94. The van der Waals surface area contributed by atoms with Crippen LogP contribution >= 0.6 is 11.6 Å². The summed E-state index contributed by atoms with van der Waals surface area (Å²) < 4.78 is 2.37. The Morgan fingerprint density at radius 3 is 2.73 bits per heavy atom. The maximum absolute atomic E-state index is 12.0. The van der Waals surface area contributed by atoms with Crippen LogP contribution in [0.3, 0.4) is 0 Å². The smallest absolute Gasteiger partial charge is 0.248 e. The first-order valence-electron chi connectivity index (χ1n) is 7.48. The minimum absolute atomic E-state index is 0.177. The number of para-hydroxylation sites is 1. The Labute approximate surface area is 135 Å². The van der Waals surface area contributed by atoms with Crippen LogP contribution in [0.4, 0.5) is 5.69 Å². The number of rotatable bonds is 4. The van der Waals surface area contributed by atoms with Crippen LogP contribution in [0.5, 0.6) is 0 Å². The lowest BCUT2D eigenvalue weighted by Crippen LogP contribution is -2.08. The molecular weight excluding hydrogens is 296 g/mol. The van der Waals surface area contributed by atoms with Crippen LogP contribution in [0.15, 0.2) is 36.4 Å². The van der Waals surface area contributed by atoms with Crippen molar-refractivity contribution in [3.8, 4) is 0 Å². The maximum atomic E-state index is 12.0. The Bertz CT molecular complexity index is 742. The Balaban J connectivity index is 1.73. The minimum atomic E-state index is -0.177. The van der Waals surface area contributed by atoms with Crippen molar-refractivity contribution in [2.24, 2.45) is 0 Å². The van der Waals surface area contributed by atoms with Crippen LogP contribution in [-0.2, 0) is 4.79 Å². The predicted octanol–water partition coefficient (Wildman–Crippen LogP) is 4.75. The molecule has 1 amide bonds. The van der Waals surface area contributed by atoms with E-state index >= 15 is 0 Å². The fourth-order valence-corrected chi connectivity index (χ4v) is 2.95. The van der Waals surface area contributed by atoms with Gasteiger partial charge in [-0.15, -0.1) is 0 Å². The molecule has 1 fully saturated rings. The summed E-state index contributed by atoms with van der Waals surface area (Å²) in [6, 6.07) is 10.00. The first-order valence-corrected chi connectivity index (χ1v) is 7.86. The van der Waals surface area contributed by atoms with Crippen molar-refractivity contribution in [2.45, 2.75) is 32.7 Å². The normalized spacial score (nSPS) is 14.5. The zero-order valence-corrected chi connectivity index (χ0v) is 13.5. The van der Waals surface area contributed by atoms with Gasteiger partial charge in [0.15, 0.2) is 0 Å². The minimum Gasteiger partial charge on any atom is -0.346 e. The zero-order valence-electron chi connectivity index (χ0n) is 12.8. The fraction of sp³-hybridized carbons (Fsp3) is 0.278. The number of hydrogen-bond donors (Lipinski definition) is 1. The number of nitrogens with one attached hydrogen (secondary N) is 1. The van der Waals surface area contributed by atoms with E-state index in [0.29, 0.717) is 16.8 Å². The molecule has 114 valence electrons. The molecule has 1 aliphatic rings. The van der Waals surface area contributed by atoms with E-state index in [1.54, 1.807) is 18.2 Å². The zero-order chi connectivity index (χ0) is 15.7. The standard InChI is InChI=1S/C18H19ClN2O/c1-12-11-14(13(2)21(12)15-8-9-15)7-10-18(22)20-17-6-4-3-5-16(17)19/h3-7,10-11,15H,8-9H2,1-2H3,(H,20,22)/b10-7+. The third-order valence-electron chi connectivity index (χ3n) is 3.98. The third kappa shape index (κ3) is 3.09. The molecule has 3 rings (SSSR count). The second kappa shape index (κ2) is 6.01. The number of amides is 1. The van der Waals surface area contributed by atoms with Gasteiger partial charge in [0.1, 0.15) is 0 Å². The molecule has 0 unspecified atom stereocenters. The van der Waals surface area contributed by atoms with Crippen LogP contribution in [-0.4, -0.2) is 10.5 Å². The van der Waals surface area contributed by atoms with Crippen molar-refractivity contribution in [3.63, 3.8) is 0 Å². The van der Waals surface area contributed by atoms with Gasteiger partial charge in [0.05, 0.1) is 10.7 Å². The molecule has 4 heteroatoms. The second-order valence-electron chi connectivity index (χ2n) is 5.73. The lowest BCUT2D eigenvalue weighted by molar-refractivity contribution is -0.111. The number of anilines is 1. The van der Waals surface area contributed by atoms with Crippen LogP contribution < -0.4 is 5.32 Å². The molecule has 0 saturated heterocycles. The molecule has 0 radical (unpaired) electrons. The summed E-state index contributed by atoms with van der Waals surface area (Å²) >= 11 is 6.03. The van der Waals surface area contributed by atoms with Crippen molar-refractivity contribution < 1.29 is 4.79 Å². The highest BCUT2D eigenvalue weighted by atomic mass is 35.5. The monoisotopic (exact) mass is 314 g/mol. The van der Waals surface area contributed by atoms with E-state index < -0.39 is 0 Å². The molecule has 22 heavy (non-hydrogen) atoms. The largest absolute Gasteiger partial charge is 0.346 e. The number of nitrogens with zero attached hydrogens (tertiary/aromatic N) is 1. The molecule has 0 spiro atoms. The lowest BCUT2D eigenvalue weighted by atomic mass is 10.2. The van der Waals surface area contributed by atoms with Gasteiger partial charge in [0, 0.05) is 23.5 Å². The van der Waals surface area contributed by atoms with E-state index in [1.165, 1.54) is 24.2 Å². The summed E-state index contributed by atoms with van der Waals surface area (Å²) in [7, 11) is 0. The second-order valence-corrected chi connectivity index (χ2v) is 6.14. The molecule has 1 N–H and O–H groups in total. The summed E-state index contributed by atoms with van der Waals surface area (Å²) in [5.41, 5.74) is 4.20. The van der Waals surface area contributed by atoms with Crippen LogP contribution in [0.1, 0.15) is 35.8 Å². The molecule has 1 heterocycles. The van der Waals surface area contributed by atoms with Crippen LogP contribution in [0.25, 0.3) is 6.08 Å². The molecule has 2 aromatic rings. The number of aromatic nitrogens is 1. The van der Waals surface area contributed by atoms with E-state index in [1.807, 2.05) is 18.2 Å². The average molecular weight is 315 g/mol. The van der Waals surface area contributed by atoms with Crippen molar-refractivity contribution in [1.29, 1.82) is 0 Å². The van der Waals surface area contributed by atoms with E-state index in [2.05, 4.69) is 29.8 Å². The van der Waals surface area contributed by atoms with Crippen LogP contribution in [0.2, 0.25) is 5.02 Å². The van der Waals surface area contributed by atoms with Gasteiger partial charge in [-0.2, -0.15) is 0 Å². The molecule has 1 saturated carbocycles. The number of hydrogen-bond acceptors (Lipinski definition) is 1. The first-order chi connectivity index (χ1) is 10.6. The van der Waals surface area contributed by atoms with Crippen molar-refractivity contribution in [3.05, 3.63) is 58.4 Å². The third-order valence-corrected chi connectivity index (χ3v) is 4.31. The Morgan fingerprint density at radius 2 is 2.05 bits per heavy atom. The van der Waals surface area contributed by atoms with Gasteiger partial charge < -0.3 is 9.88 Å². The van der Waals surface area contributed by atoms with E-state index in [0.717, 1.165) is 5.56 Å². The quantitative estimate of drug-likeness (QED) is 0.812. The maximum Gasteiger partial charge on any atom is 0.248 e. The van der Waals surface area contributed by atoms with Gasteiger partial charge in [-0.05, 0) is 56.5 Å². The van der Waals surface area contributed by atoms with Crippen molar-refractivity contribution >= 4 is 29.3 Å². The summed E-state index contributed by atoms with van der Waals surface area (Å²) in [6.45, 7) is 4.23. The SMILES string of the molecule is Cc1cc(/C=C/C(=O)Nc2ccccc2Cl)c(C)n1C1CC1. The number of benzene rings is 1. The highest BCUT2D eigenvalue weighted by Crippen LogP contribution is 2.38. The number of carbonyl (C=O) groups is 1. The number of carbonyl (C=O) groups excluding carboxylic acids is 1. The van der Waals surface area contributed by atoms with Gasteiger partial charge in [0.25, 0.3) is 0 Å². The predicted molar refractivity (Wildman–Crippen MR) is 91.3 cm³/mol. The summed E-state index contributed by atoms with van der Waals surface area (Å²) in [5.74, 6) is -0.177. The number of halogens is 1. The number of aryl methyl sites for hydroxylation is 1. The topological polar surface area (TPSA) is 34.0 Å². The van der Waals surface area contributed by atoms with E-state index in [-0.39, 0.29) is 5.91 Å². The summed E-state index contributed by atoms with van der Waals surface area (Å²) in [5, 5.41) is 3.33. The molecular formula is C18H19ClN2O.